The Morgan fingerprint density at radius 2 is 1.85 bits per heavy atom. The minimum Gasteiger partial charge on any atom is -0.741 e. The molecule has 0 spiro atoms. The second-order valence-corrected chi connectivity index (χ2v) is 4.03. The number of rotatable bonds is 2. The molecule has 0 aromatic carbocycles. The maximum Gasteiger partial charge on any atom is 2.00 e. The molecule has 1 aromatic heterocycles. The van der Waals surface area contributed by atoms with Crippen molar-refractivity contribution in [2.24, 2.45) is 10.2 Å². The van der Waals surface area contributed by atoms with Crippen LogP contribution in [-0.2, 0) is 34.5 Å². The Morgan fingerprint density at radius 1 is 1.30 bits per heavy atom. The fourth-order valence-corrected chi connectivity index (χ4v) is 0.876. The Morgan fingerprint density at radius 3 is 2.25 bits per heavy atom. The standard InChI is InChI=1S/C10H14N4S.C2H4O2.Cu/c1-8(9-6-4-5-7-11-9)12-13-10(15)14(2)3;1-2(3)4;/h4-7H,1-3H3,(H,13,15);1H3,(H,3,4);/q;;+2/p-2/b12-8+;;. The van der Waals surface area contributed by atoms with Crippen LogP contribution in [-0.4, -0.2) is 40.8 Å². The zero-order valence-electron chi connectivity index (χ0n) is 11.6. The van der Waals surface area contributed by atoms with E-state index in [1.54, 1.807) is 11.1 Å². The molecule has 8 heteroatoms. The fraction of sp³-hybridized carbons (Fsp3) is 0.333. The van der Waals surface area contributed by atoms with Crippen LogP contribution in [0.5, 0.6) is 0 Å². The summed E-state index contributed by atoms with van der Waals surface area (Å²) in [6.07, 6.45) is 1.72. The van der Waals surface area contributed by atoms with Gasteiger partial charge in [0.15, 0.2) is 0 Å². The number of carbonyl (C=O) groups is 1. The van der Waals surface area contributed by atoms with Crippen molar-refractivity contribution in [2.75, 3.05) is 14.1 Å². The molecule has 0 amide bonds. The summed E-state index contributed by atoms with van der Waals surface area (Å²) >= 11 is 4.98. The second kappa shape index (κ2) is 11.3. The van der Waals surface area contributed by atoms with Gasteiger partial charge in [0.05, 0.1) is 11.4 Å². The van der Waals surface area contributed by atoms with Gasteiger partial charge in [-0.15, -0.1) is 0 Å². The summed E-state index contributed by atoms with van der Waals surface area (Å²) in [5.74, 6) is -1.08. The summed E-state index contributed by atoms with van der Waals surface area (Å²) in [6.45, 7) is 2.82. The first-order valence-electron chi connectivity index (χ1n) is 5.40. The van der Waals surface area contributed by atoms with Gasteiger partial charge in [-0.2, -0.15) is 10.2 Å². The molecule has 0 aliphatic carbocycles. The molecule has 0 saturated heterocycles. The Kier molecular flexibility index (Phi) is 11.8. The van der Waals surface area contributed by atoms with E-state index in [0.717, 1.165) is 18.3 Å². The van der Waals surface area contributed by atoms with E-state index in [9.17, 15) is 0 Å². The summed E-state index contributed by atoms with van der Waals surface area (Å²) in [7, 11) is 3.66. The molecule has 0 aliphatic rings. The van der Waals surface area contributed by atoms with Crippen molar-refractivity contribution in [1.82, 2.24) is 9.88 Å². The van der Waals surface area contributed by atoms with Gasteiger partial charge >= 0.3 is 17.1 Å². The Labute approximate surface area is 134 Å². The first-order valence-corrected chi connectivity index (χ1v) is 5.81. The minimum atomic E-state index is -1.08. The summed E-state index contributed by atoms with van der Waals surface area (Å²) in [5.41, 5.74) is 1.56. The van der Waals surface area contributed by atoms with Gasteiger partial charge in [-0.25, -0.2) is 0 Å². The molecular weight excluding hydrogens is 328 g/mol. The van der Waals surface area contributed by atoms with E-state index in [-0.39, 0.29) is 17.1 Å². The maximum absolute atomic E-state index is 8.89. The normalized spacial score (nSPS) is 10.8. The van der Waals surface area contributed by atoms with Crippen LogP contribution in [0.4, 0.5) is 0 Å². The summed E-state index contributed by atoms with van der Waals surface area (Å²) < 4.78 is 0. The number of hydrogen-bond donors (Lipinski definition) is 0. The van der Waals surface area contributed by atoms with Crippen LogP contribution >= 0.6 is 0 Å². The Bertz CT molecular complexity index is 460. The van der Waals surface area contributed by atoms with Crippen LogP contribution in [0.3, 0.4) is 0 Å². The fourth-order valence-electron chi connectivity index (χ4n) is 0.835. The molecule has 0 atom stereocenters. The molecule has 1 rings (SSSR count). The van der Waals surface area contributed by atoms with Crippen LogP contribution in [0.1, 0.15) is 19.5 Å². The van der Waals surface area contributed by atoms with Gasteiger partial charge in [0.2, 0.25) is 0 Å². The average Bonchev–Trinajstić information content (AvgIpc) is 2.35. The third-order valence-corrected chi connectivity index (χ3v) is 2.15. The van der Waals surface area contributed by atoms with Gasteiger partial charge in [0.25, 0.3) is 0 Å². The van der Waals surface area contributed by atoms with Crippen molar-refractivity contribution in [1.29, 1.82) is 0 Å². The van der Waals surface area contributed by atoms with Gasteiger partial charge in [-0.1, -0.05) is 6.07 Å². The summed E-state index contributed by atoms with van der Waals surface area (Å²) in [5, 5.41) is 17.3. The number of nitrogens with zero attached hydrogens (tertiary/aromatic N) is 4. The van der Waals surface area contributed by atoms with Gasteiger partial charge in [0.1, 0.15) is 0 Å². The quantitative estimate of drug-likeness (QED) is 0.249. The van der Waals surface area contributed by atoms with Gasteiger partial charge in [-0.05, 0) is 26.0 Å². The largest absolute Gasteiger partial charge is 2.00 e. The van der Waals surface area contributed by atoms with Crippen molar-refractivity contribution in [3.05, 3.63) is 30.1 Å². The molecule has 1 aromatic rings. The number of carboxylic acids is 1. The molecule has 0 bridgehead atoms. The van der Waals surface area contributed by atoms with Crippen molar-refractivity contribution in [3.63, 3.8) is 0 Å². The Balaban J connectivity index is 0. The van der Waals surface area contributed by atoms with Crippen molar-refractivity contribution >= 4 is 29.5 Å². The van der Waals surface area contributed by atoms with E-state index < -0.39 is 5.97 Å². The molecule has 0 aliphatic heterocycles. The van der Waals surface area contributed by atoms with E-state index in [1.807, 2.05) is 39.2 Å². The summed E-state index contributed by atoms with van der Waals surface area (Å²) in [4.78, 5) is 14.8. The second-order valence-electron chi connectivity index (χ2n) is 3.67. The molecule has 0 saturated carbocycles. The number of pyridine rings is 1. The third-order valence-electron chi connectivity index (χ3n) is 1.70. The SMILES string of the molecule is C/C(=N\N=C(/[S-])N(C)C)c1ccccn1.CC(=O)[O-].[Cu+2]. The Hall–Kier alpha value is -1.50. The van der Waals surface area contributed by atoms with Crippen LogP contribution in [0.2, 0.25) is 0 Å². The monoisotopic (exact) mass is 343 g/mol. The number of amidine groups is 1. The predicted octanol–water partition coefficient (Wildman–Crippen LogP) is 0.0238. The number of hydrogen-bond acceptors (Lipinski definition) is 6. The minimum absolute atomic E-state index is 0. The average molecular weight is 344 g/mol. The van der Waals surface area contributed by atoms with Crippen LogP contribution in [0, 0.1) is 0 Å². The number of aromatic nitrogens is 1. The topological polar surface area (TPSA) is 81.0 Å². The van der Waals surface area contributed by atoms with Gasteiger partial charge in [0, 0.05) is 31.4 Å². The van der Waals surface area contributed by atoms with Crippen molar-refractivity contribution in [3.8, 4) is 0 Å². The number of carboxylic acid groups (broad SMARTS) is 1. The third kappa shape index (κ3) is 10.4. The molecule has 6 nitrogen and oxygen atoms in total. The van der Waals surface area contributed by atoms with E-state index in [1.165, 1.54) is 0 Å². The maximum atomic E-state index is 8.89. The van der Waals surface area contributed by atoms with E-state index >= 15 is 0 Å². The zero-order valence-corrected chi connectivity index (χ0v) is 13.4. The molecule has 1 heterocycles. The number of aliphatic carboxylic acids is 1. The van der Waals surface area contributed by atoms with Crippen LogP contribution < -0.4 is 5.11 Å². The van der Waals surface area contributed by atoms with E-state index in [4.69, 9.17) is 22.5 Å². The van der Waals surface area contributed by atoms with Gasteiger partial charge < -0.3 is 27.4 Å². The van der Waals surface area contributed by atoms with Crippen molar-refractivity contribution < 1.29 is 27.0 Å². The smallest absolute Gasteiger partial charge is 0.741 e. The molecular formula is C12H16CuN4O2S. The molecule has 0 unspecified atom stereocenters. The molecule has 0 N–H and O–H groups in total. The molecule has 0 fully saturated rings. The molecule has 20 heavy (non-hydrogen) atoms. The first-order chi connectivity index (χ1) is 8.84. The number of carbonyl (C=O) groups excluding carboxylic acids is 1. The van der Waals surface area contributed by atoms with Crippen LogP contribution in [0.25, 0.3) is 0 Å². The predicted molar refractivity (Wildman–Crippen MR) is 75.6 cm³/mol. The molecule has 113 valence electrons. The van der Waals surface area contributed by atoms with Gasteiger partial charge in [-0.3, -0.25) is 4.98 Å². The first kappa shape index (κ1) is 20.8. The van der Waals surface area contributed by atoms with E-state index in [0.29, 0.717) is 5.17 Å². The molecule has 1 radical (unpaired) electrons. The van der Waals surface area contributed by atoms with E-state index in [2.05, 4.69) is 15.2 Å². The van der Waals surface area contributed by atoms with Crippen molar-refractivity contribution in [2.45, 2.75) is 13.8 Å². The van der Waals surface area contributed by atoms with Crippen LogP contribution in [0.15, 0.2) is 34.6 Å². The summed E-state index contributed by atoms with van der Waals surface area (Å²) in [6, 6.07) is 5.65. The zero-order chi connectivity index (χ0) is 14.8.